The number of hydrogen-bond acceptors (Lipinski definition) is 4. The number of rotatable bonds is 5. The second kappa shape index (κ2) is 4.71. The van der Waals surface area contributed by atoms with Crippen LogP contribution in [0.15, 0.2) is 6.20 Å². The number of ether oxygens (including phenoxy) is 1. The fourth-order valence-corrected chi connectivity index (χ4v) is 0.981. The normalized spacial score (nSPS) is 12.8. The fraction of sp³-hybridized carbons (Fsp3) is 0.625. The van der Waals surface area contributed by atoms with Crippen LogP contribution in [0.25, 0.3) is 0 Å². The molecule has 0 saturated heterocycles. The van der Waals surface area contributed by atoms with E-state index in [-0.39, 0.29) is 6.04 Å². The van der Waals surface area contributed by atoms with Gasteiger partial charge in [-0.25, -0.2) is 4.68 Å². The zero-order valence-electron chi connectivity index (χ0n) is 7.80. The van der Waals surface area contributed by atoms with Gasteiger partial charge in [0.1, 0.15) is 5.69 Å². The summed E-state index contributed by atoms with van der Waals surface area (Å²) in [6.45, 7) is 2.68. The molecule has 1 aromatic rings. The van der Waals surface area contributed by atoms with Crippen LogP contribution in [-0.2, 0) is 4.74 Å². The Hall–Kier alpha value is -1.23. The molecule has 0 fully saturated rings. The van der Waals surface area contributed by atoms with Crippen LogP contribution in [0.2, 0.25) is 0 Å². The molecule has 0 spiro atoms. The Morgan fingerprint density at radius 2 is 2.54 bits per heavy atom. The minimum Gasteiger partial charge on any atom is -0.385 e. The highest BCUT2D eigenvalue weighted by atomic mass is 16.5. The van der Waals surface area contributed by atoms with Crippen LogP contribution in [0.3, 0.4) is 0 Å². The van der Waals surface area contributed by atoms with Crippen molar-refractivity contribution in [1.29, 1.82) is 0 Å². The third-order valence-electron chi connectivity index (χ3n) is 1.84. The van der Waals surface area contributed by atoms with Gasteiger partial charge in [-0.1, -0.05) is 5.21 Å². The molecule has 5 nitrogen and oxygen atoms in total. The Kier molecular flexibility index (Phi) is 3.57. The van der Waals surface area contributed by atoms with Gasteiger partial charge in [0.15, 0.2) is 6.29 Å². The van der Waals surface area contributed by atoms with E-state index in [1.54, 1.807) is 18.0 Å². The second-order valence-corrected chi connectivity index (χ2v) is 2.87. The van der Waals surface area contributed by atoms with E-state index in [4.69, 9.17) is 4.74 Å². The lowest BCUT2D eigenvalue weighted by Gasteiger charge is -2.09. The number of carbonyl (C=O) groups is 1. The number of aldehydes is 1. The highest BCUT2D eigenvalue weighted by molar-refractivity contribution is 5.70. The number of hydrogen-bond donors (Lipinski definition) is 0. The van der Waals surface area contributed by atoms with Crippen molar-refractivity contribution in [2.45, 2.75) is 19.4 Å². The van der Waals surface area contributed by atoms with Crippen molar-refractivity contribution < 1.29 is 9.53 Å². The zero-order valence-corrected chi connectivity index (χ0v) is 7.80. The zero-order chi connectivity index (χ0) is 9.68. The fourth-order valence-electron chi connectivity index (χ4n) is 0.981. The molecule has 72 valence electrons. The number of carbonyl (C=O) groups excluding carboxylic acids is 1. The Morgan fingerprint density at radius 3 is 3.08 bits per heavy atom. The molecule has 1 atom stereocenters. The molecule has 0 aliphatic carbocycles. The topological polar surface area (TPSA) is 57.0 Å². The van der Waals surface area contributed by atoms with Gasteiger partial charge in [0.05, 0.1) is 12.2 Å². The van der Waals surface area contributed by atoms with Crippen molar-refractivity contribution in [3.05, 3.63) is 11.9 Å². The minimum absolute atomic E-state index is 0.209. The largest absolute Gasteiger partial charge is 0.385 e. The average Bonchev–Trinajstić information content (AvgIpc) is 2.62. The first-order valence-corrected chi connectivity index (χ1v) is 4.14. The maximum absolute atomic E-state index is 10.3. The van der Waals surface area contributed by atoms with E-state index in [1.807, 2.05) is 6.92 Å². The SMILES string of the molecule is COCCC(C)n1cc(C=O)nn1. The third-order valence-corrected chi connectivity index (χ3v) is 1.84. The van der Waals surface area contributed by atoms with Crippen LogP contribution in [-0.4, -0.2) is 35.0 Å². The molecule has 1 rings (SSSR count). The van der Waals surface area contributed by atoms with E-state index in [2.05, 4.69) is 10.3 Å². The third kappa shape index (κ3) is 2.62. The van der Waals surface area contributed by atoms with E-state index in [1.165, 1.54) is 0 Å². The summed E-state index contributed by atoms with van der Waals surface area (Å²) >= 11 is 0. The predicted octanol–water partition coefficient (Wildman–Crippen LogP) is 0.688. The van der Waals surface area contributed by atoms with Gasteiger partial charge in [0.25, 0.3) is 0 Å². The van der Waals surface area contributed by atoms with E-state index >= 15 is 0 Å². The molecular weight excluding hydrogens is 170 g/mol. The predicted molar refractivity (Wildman–Crippen MR) is 46.6 cm³/mol. The Bertz CT molecular complexity index is 272. The van der Waals surface area contributed by atoms with Crippen LogP contribution in [0.4, 0.5) is 0 Å². The molecule has 13 heavy (non-hydrogen) atoms. The summed E-state index contributed by atoms with van der Waals surface area (Å²) in [5.74, 6) is 0. The summed E-state index contributed by atoms with van der Waals surface area (Å²) in [7, 11) is 1.66. The molecule has 0 radical (unpaired) electrons. The van der Waals surface area contributed by atoms with Gasteiger partial charge >= 0.3 is 0 Å². The van der Waals surface area contributed by atoms with E-state index in [0.717, 1.165) is 6.42 Å². The van der Waals surface area contributed by atoms with E-state index in [9.17, 15) is 4.79 Å². The highest BCUT2D eigenvalue weighted by Crippen LogP contribution is 2.08. The molecule has 1 unspecified atom stereocenters. The molecule has 0 saturated carbocycles. The maximum Gasteiger partial charge on any atom is 0.171 e. The second-order valence-electron chi connectivity index (χ2n) is 2.87. The standard InChI is InChI=1S/C8H13N3O2/c1-7(3-4-13-2)11-5-8(6-12)9-10-11/h5-7H,3-4H2,1-2H3. The van der Waals surface area contributed by atoms with Gasteiger partial charge in [-0.05, 0) is 13.3 Å². The van der Waals surface area contributed by atoms with Crippen molar-refractivity contribution >= 4 is 6.29 Å². The highest BCUT2D eigenvalue weighted by Gasteiger charge is 2.06. The van der Waals surface area contributed by atoms with Crippen molar-refractivity contribution in [2.24, 2.45) is 0 Å². The molecule has 1 aromatic heterocycles. The van der Waals surface area contributed by atoms with Crippen LogP contribution in [0.1, 0.15) is 29.9 Å². The van der Waals surface area contributed by atoms with Crippen molar-refractivity contribution in [2.75, 3.05) is 13.7 Å². The maximum atomic E-state index is 10.3. The Morgan fingerprint density at radius 1 is 1.77 bits per heavy atom. The first-order valence-electron chi connectivity index (χ1n) is 4.14. The molecule has 1 heterocycles. The first-order chi connectivity index (χ1) is 6.27. The molecule has 0 amide bonds. The lowest BCUT2D eigenvalue weighted by atomic mass is 10.2. The van der Waals surface area contributed by atoms with Crippen molar-refractivity contribution in [1.82, 2.24) is 15.0 Å². The quantitative estimate of drug-likeness (QED) is 0.630. The van der Waals surface area contributed by atoms with Gasteiger partial charge < -0.3 is 4.74 Å². The lowest BCUT2D eigenvalue weighted by molar-refractivity contribution is 0.111. The molecule has 5 heteroatoms. The molecule has 0 N–H and O–H groups in total. The van der Waals surface area contributed by atoms with Crippen LogP contribution in [0, 0.1) is 0 Å². The first kappa shape index (κ1) is 9.85. The van der Waals surface area contributed by atoms with Gasteiger partial charge in [-0.3, -0.25) is 4.79 Å². The average molecular weight is 183 g/mol. The Labute approximate surface area is 76.7 Å². The summed E-state index contributed by atoms with van der Waals surface area (Å²) in [5, 5.41) is 7.49. The molecule has 0 aliphatic rings. The van der Waals surface area contributed by atoms with Crippen LogP contribution in [0.5, 0.6) is 0 Å². The summed E-state index contributed by atoms with van der Waals surface area (Å²) in [6.07, 6.45) is 3.18. The number of nitrogens with zero attached hydrogens (tertiary/aromatic N) is 3. The monoisotopic (exact) mass is 183 g/mol. The smallest absolute Gasteiger partial charge is 0.171 e. The van der Waals surface area contributed by atoms with Gasteiger partial charge in [-0.15, -0.1) is 5.10 Å². The van der Waals surface area contributed by atoms with Gasteiger partial charge in [0.2, 0.25) is 0 Å². The van der Waals surface area contributed by atoms with Gasteiger partial charge in [-0.2, -0.15) is 0 Å². The van der Waals surface area contributed by atoms with Gasteiger partial charge in [0, 0.05) is 13.7 Å². The minimum atomic E-state index is 0.209. The molecule has 0 bridgehead atoms. The summed E-state index contributed by atoms with van der Waals surface area (Å²) in [6, 6.07) is 0.209. The molecular formula is C8H13N3O2. The summed E-state index contributed by atoms with van der Waals surface area (Å²) in [4.78, 5) is 10.3. The van der Waals surface area contributed by atoms with Crippen LogP contribution < -0.4 is 0 Å². The van der Waals surface area contributed by atoms with E-state index in [0.29, 0.717) is 18.6 Å². The Balaban J connectivity index is 2.54. The van der Waals surface area contributed by atoms with Crippen molar-refractivity contribution in [3.8, 4) is 0 Å². The molecule has 0 aromatic carbocycles. The molecule has 0 aliphatic heterocycles. The number of aromatic nitrogens is 3. The van der Waals surface area contributed by atoms with Crippen LogP contribution >= 0.6 is 0 Å². The number of methoxy groups -OCH3 is 1. The van der Waals surface area contributed by atoms with Crippen molar-refractivity contribution in [3.63, 3.8) is 0 Å². The summed E-state index contributed by atoms with van der Waals surface area (Å²) in [5.41, 5.74) is 0.365. The van der Waals surface area contributed by atoms with E-state index < -0.39 is 0 Å². The summed E-state index contributed by atoms with van der Waals surface area (Å²) < 4.78 is 6.61. The lowest BCUT2D eigenvalue weighted by Crippen LogP contribution is -2.08.